The molecule has 0 radical (unpaired) electrons. The van der Waals surface area contributed by atoms with Crippen LogP contribution in [0, 0.1) is 0 Å². The number of benzene rings is 2. The molecule has 0 fully saturated rings. The maximum absolute atomic E-state index is 12.8. The lowest BCUT2D eigenvalue weighted by Gasteiger charge is -2.27. The van der Waals surface area contributed by atoms with Gasteiger partial charge in [-0.05, 0) is 83.9 Å². The lowest BCUT2D eigenvalue weighted by Crippen LogP contribution is -2.43. The van der Waals surface area contributed by atoms with Crippen LogP contribution >= 0.6 is 0 Å². The van der Waals surface area contributed by atoms with Gasteiger partial charge in [-0.15, -0.1) is 0 Å². The molecule has 2 rings (SSSR count). The topological polar surface area (TPSA) is 117 Å². The Kier molecular flexibility index (Phi) is 10.9. The Morgan fingerprint density at radius 1 is 0.763 bits per heavy atom. The summed E-state index contributed by atoms with van der Waals surface area (Å²) in [5.41, 5.74) is 1.63. The minimum absolute atomic E-state index is 0.262. The van der Waals surface area contributed by atoms with Crippen LogP contribution in [-0.2, 0) is 23.7 Å². The Morgan fingerprint density at radius 2 is 1.18 bits per heavy atom. The lowest BCUT2D eigenvalue weighted by molar-refractivity contribution is -0.150. The summed E-state index contributed by atoms with van der Waals surface area (Å²) in [6, 6.07) is 12.7. The summed E-state index contributed by atoms with van der Waals surface area (Å²) in [5.74, 6) is -1.95. The van der Waals surface area contributed by atoms with Crippen LogP contribution in [0.2, 0.25) is 0 Å². The molecule has 38 heavy (non-hydrogen) atoms. The predicted octanol–water partition coefficient (Wildman–Crippen LogP) is 5.02. The van der Waals surface area contributed by atoms with Crippen molar-refractivity contribution in [1.82, 2.24) is 5.32 Å². The van der Waals surface area contributed by atoms with Crippen molar-refractivity contribution in [2.24, 2.45) is 0 Å². The molecule has 0 bridgehead atoms. The molecule has 0 saturated heterocycles. The summed E-state index contributed by atoms with van der Waals surface area (Å²) in [7, 11) is 0. The van der Waals surface area contributed by atoms with Crippen LogP contribution in [0.25, 0.3) is 0 Å². The third kappa shape index (κ3) is 8.90. The second-order valence-electron chi connectivity index (χ2n) is 9.67. The van der Waals surface area contributed by atoms with Crippen molar-refractivity contribution >= 4 is 24.0 Å². The number of carbonyl (C=O) groups is 4. The highest BCUT2D eigenvalue weighted by atomic mass is 16.6. The Balaban J connectivity index is 2.30. The predicted molar refractivity (Wildman–Crippen MR) is 141 cm³/mol. The molecule has 1 N–H and O–H groups in total. The molecule has 9 nitrogen and oxygen atoms in total. The molecule has 206 valence electrons. The summed E-state index contributed by atoms with van der Waals surface area (Å²) in [6.45, 7) is 12.4. The first-order valence-electron chi connectivity index (χ1n) is 12.6. The molecule has 2 aromatic carbocycles. The average Bonchev–Trinajstić information content (AvgIpc) is 2.84. The van der Waals surface area contributed by atoms with E-state index in [1.165, 1.54) is 6.92 Å². The van der Waals surface area contributed by atoms with E-state index in [1.54, 1.807) is 90.1 Å². The van der Waals surface area contributed by atoms with E-state index in [9.17, 15) is 19.2 Å². The van der Waals surface area contributed by atoms with Gasteiger partial charge in [-0.1, -0.05) is 24.3 Å². The van der Waals surface area contributed by atoms with Crippen molar-refractivity contribution in [3.05, 3.63) is 70.8 Å². The molecular weight excluding hydrogens is 490 g/mol. The fourth-order valence-electron chi connectivity index (χ4n) is 3.71. The van der Waals surface area contributed by atoms with Crippen LogP contribution in [0.3, 0.4) is 0 Å². The molecule has 0 aliphatic rings. The van der Waals surface area contributed by atoms with E-state index < -0.39 is 47.7 Å². The van der Waals surface area contributed by atoms with Crippen molar-refractivity contribution in [3.63, 3.8) is 0 Å². The van der Waals surface area contributed by atoms with Gasteiger partial charge < -0.3 is 24.3 Å². The first-order chi connectivity index (χ1) is 17.9. The maximum Gasteiger partial charge on any atom is 0.408 e. The second-order valence-corrected chi connectivity index (χ2v) is 9.67. The zero-order chi connectivity index (χ0) is 28.5. The highest BCUT2D eigenvalue weighted by Gasteiger charge is 2.29. The molecule has 0 aromatic heterocycles. The number of esters is 3. The zero-order valence-electron chi connectivity index (χ0n) is 23.0. The van der Waals surface area contributed by atoms with E-state index in [2.05, 4.69) is 5.32 Å². The number of rotatable bonds is 10. The second kappa shape index (κ2) is 13.6. The minimum atomic E-state index is -0.953. The van der Waals surface area contributed by atoms with Gasteiger partial charge in [-0.3, -0.25) is 0 Å². The monoisotopic (exact) mass is 527 g/mol. The Bertz CT molecular complexity index is 1040. The average molecular weight is 528 g/mol. The van der Waals surface area contributed by atoms with Gasteiger partial charge in [0.25, 0.3) is 0 Å². The number of nitrogens with one attached hydrogen (secondary N) is 1. The molecule has 2 aromatic rings. The molecular formula is C29H37NO8. The zero-order valence-corrected chi connectivity index (χ0v) is 23.0. The van der Waals surface area contributed by atoms with E-state index in [4.69, 9.17) is 18.9 Å². The SMILES string of the molecule is CCOC(=O)c1ccc(C(c2ccc(C(=O)OCC)cc2)[C@H](C)OC(=O)[C@H](C)NC(=O)OC(C)(C)C)cc1. The van der Waals surface area contributed by atoms with Gasteiger partial charge in [-0.2, -0.15) is 0 Å². The van der Waals surface area contributed by atoms with Crippen LogP contribution in [0.4, 0.5) is 4.79 Å². The molecule has 1 amide bonds. The Labute approximate surface area is 223 Å². The van der Waals surface area contributed by atoms with Gasteiger partial charge in [0.05, 0.1) is 24.3 Å². The molecule has 0 unspecified atom stereocenters. The lowest BCUT2D eigenvalue weighted by atomic mass is 9.86. The van der Waals surface area contributed by atoms with Crippen LogP contribution in [0.1, 0.15) is 86.2 Å². The van der Waals surface area contributed by atoms with E-state index in [0.717, 1.165) is 11.1 Å². The van der Waals surface area contributed by atoms with Crippen molar-refractivity contribution < 1.29 is 38.1 Å². The fourth-order valence-corrected chi connectivity index (χ4v) is 3.71. The highest BCUT2D eigenvalue weighted by Crippen LogP contribution is 2.31. The number of alkyl carbamates (subject to hydrolysis) is 1. The van der Waals surface area contributed by atoms with E-state index in [-0.39, 0.29) is 13.2 Å². The van der Waals surface area contributed by atoms with E-state index >= 15 is 0 Å². The van der Waals surface area contributed by atoms with Crippen LogP contribution in [0.5, 0.6) is 0 Å². The summed E-state index contributed by atoms with van der Waals surface area (Å²) in [5, 5.41) is 2.49. The van der Waals surface area contributed by atoms with E-state index in [1.807, 2.05) is 0 Å². The number of amides is 1. The van der Waals surface area contributed by atoms with Gasteiger partial charge in [-0.25, -0.2) is 19.2 Å². The molecule has 0 saturated carbocycles. The summed E-state index contributed by atoms with van der Waals surface area (Å²) >= 11 is 0. The van der Waals surface area contributed by atoms with Crippen molar-refractivity contribution in [2.75, 3.05) is 13.2 Å². The van der Waals surface area contributed by atoms with Crippen molar-refractivity contribution in [3.8, 4) is 0 Å². The molecule has 0 aliphatic heterocycles. The quantitative estimate of drug-likeness (QED) is 0.338. The summed E-state index contributed by atoms with van der Waals surface area (Å²) in [4.78, 5) is 49.1. The standard InChI is InChI=1S/C29H37NO8/c1-8-35-26(32)22-14-10-20(11-15-22)24(21-12-16-23(17-13-21)27(33)36-9-2)19(4)37-25(31)18(3)30-28(34)38-29(5,6)7/h10-19,24H,8-9H2,1-7H3,(H,30,34)/t18-,19-/m0/s1. The van der Waals surface area contributed by atoms with Crippen LogP contribution in [-0.4, -0.2) is 55.0 Å². The summed E-state index contributed by atoms with van der Waals surface area (Å²) in [6.07, 6.45) is -1.40. The number of hydrogen-bond donors (Lipinski definition) is 1. The van der Waals surface area contributed by atoms with Crippen molar-refractivity contribution in [1.29, 1.82) is 0 Å². The largest absolute Gasteiger partial charge is 0.462 e. The van der Waals surface area contributed by atoms with Gasteiger partial charge in [0.2, 0.25) is 0 Å². The smallest absolute Gasteiger partial charge is 0.408 e. The minimum Gasteiger partial charge on any atom is -0.462 e. The van der Waals surface area contributed by atoms with E-state index in [0.29, 0.717) is 11.1 Å². The normalized spacial score (nSPS) is 12.7. The summed E-state index contributed by atoms with van der Waals surface area (Å²) < 4.78 is 21.1. The molecule has 9 heteroatoms. The molecule has 2 atom stereocenters. The maximum atomic E-state index is 12.8. The van der Waals surface area contributed by atoms with Crippen molar-refractivity contribution in [2.45, 2.75) is 72.1 Å². The third-order valence-electron chi connectivity index (χ3n) is 5.42. The highest BCUT2D eigenvalue weighted by molar-refractivity contribution is 5.90. The van der Waals surface area contributed by atoms with Crippen LogP contribution in [0.15, 0.2) is 48.5 Å². The molecule has 0 aliphatic carbocycles. The number of hydrogen-bond acceptors (Lipinski definition) is 8. The molecule has 0 heterocycles. The Hall–Kier alpha value is -3.88. The van der Waals surface area contributed by atoms with Gasteiger partial charge in [0.15, 0.2) is 0 Å². The molecule has 0 spiro atoms. The first-order valence-corrected chi connectivity index (χ1v) is 12.6. The fraction of sp³-hybridized carbons (Fsp3) is 0.448. The number of ether oxygens (including phenoxy) is 4. The first kappa shape index (κ1) is 30.3. The number of carbonyl (C=O) groups excluding carboxylic acids is 4. The van der Waals surface area contributed by atoms with Gasteiger partial charge in [0.1, 0.15) is 17.7 Å². The van der Waals surface area contributed by atoms with Gasteiger partial charge >= 0.3 is 24.0 Å². The Morgan fingerprint density at radius 3 is 1.55 bits per heavy atom. The van der Waals surface area contributed by atoms with Crippen LogP contribution < -0.4 is 5.32 Å². The van der Waals surface area contributed by atoms with Gasteiger partial charge in [0, 0.05) is 5.92 Å². The third-order valence-corrected chi connectivity index (χ3v) is 5.42.